The van der Waals surface area contributed by atoms with Crippen LogP contribution in [0.3, 0.4) is 0 Å². The molecule has 0 bridgehead atoms. The molecule has 0 amide bonds. The van der Waals surface area contributed by atoms with Crippen LogP contribution in [0, 0.1) is 0 Å². The maximum atomic E-state index is 13.2. The predicted molar refractivity (Wildman–Crippen MR) is 125 cm³/mol. The monoisotopic (exact) mass is 424 g/mol. The molecular formula is C24H32N4OS. The molecule has 5 nitrogen and oxygen atoms in total. The Balaban J connectivity index is 1.71. The summed E-state index contributed by atoms with van der Waals surface area (Å²) in [7, 11) is 1.92. The third-order valence-electron chi connectivity index (χ3n) is 6.27. The molecule has 1 atom stereocenters. The lowest BCUT2D eigenvalue weighted by Gasteiger charge is -2.27. The van der Waals surface area contributed by atoms with Gasteiger partial charge in [-0.25, -0.2) is 4.79 Å². The summed E-state index contributed by atoms with van der Waals surface area (Å²) in [5.74, 6) is 0. The Morgan fingerprint density at radius 2 is 1.90 bits per heavy atom. The molecule has 0 saturated heterocycles. The number of allylic oxidation sites excluding steroid dienone is 1. The number of nitrogens with zero attached hydrogens (tertiary/aromatic N) is 4. The summed E-state index contributed by atoms with van der Waals surface area (Å²) in [4.78, 5) is 22.2. The lowest BCUT2D eigenvalue weighted by atomic mass is 9.88. The van der Waals surface area contributed by atoms with Crippen molar-refractivity contribution in [2.75, 3.05) is 0 Å². The van der Waals surface area contributed by atoms with E-state index in [2.05, 4.69) is 37.0 Å². The first-order valence-corrected chi connectivity index (χ1v) is 12.0. The van der Waals surface area contributed by atoms with Gasteiger partial charge in [0, 0.05) is 49.8 Å². The van der Waals surface area contributed by atoms with Crippen LogP contribution in [0.25, 0.3) is 0 Å². The van der Waals surface area contributed by atoms with Gasteiger partial charge in [0.2, 0.25) is 0 Å². The van der Waals surface area contributed by atoms with Gasteiger partial charge < -0.3 is 0 Å². The van der Waals surface area contributed by atoms with E-state index in [-0.39, 0.29) is 17.3 Å². The Labute approximate surface area is 183 Å². The number of thioether (sulfide) groups is 1. The molecule has 3 heterocycles. The van der Waals surface area contributed by atoms with Gasteiger partial charge in [-0.2, -0.15) is 0 Å². The molecule has 4 rings (SSSR count). The summed E-state index contributed by atoms with van der Waals surface area (Å²) in [5.41, 5.74) is 2.06. The average Bonchev–Trinajstić information content (AvgIpc) is 3.28. The zero-order chi connectivity index (χ0) is 21.1. The lowest BCUT2D eigenvalue weighted by Crippen LogP contribution is -2.30. The molecule has 0 aromatic carbocycles. The van der Waals surface area contributed by atoms with Gasteiger partial charge in [0.15, 0.2) is 0 Å². The number of imidazole rings is 1. The van der Waals surface area contributed by atoms with Crippen molar-refractivity contribution in [1.29, 1.82) is 0 Å². The van der Waals surface area contributed by atoms with Crippen LogP contribution in [0.1, 0.15) is 63.3 Å². The summed E-state index contributed by atoms with van der Waals surface area (Å²) < 4.78 is 3.86. The fourth-order valence-electron chi connectivity index (χ4n) is 4.63. The van der Waals surface area contributed by atoms with Gasteiger partial charge in [-0.3, -0.25) is 19.1 Å². The van der Waals surface area contributed by atoms with Crippen molar-refractivity contribution in [2.45, 2.75) is 80.6 Å². The minimum atomic E-state index is -0.351. The molecule has 1 fully saturated rings. The lowest BCUT2D eigenvalue weighted by molar-refractivity contribution is 0.500. The van der Waals surface area contributed by atoms with Gasteiger partial charge in [0.1, 0.15) is 0 Å². The first-order chi connectivity index (χ1) is 14.5. The second-order valence-corrected chi connectivity index (χ2v) is 10.2. The molecule has 0 N–H and O–H groups in total. The number of rotatable bonds is 7. The quantitative estimate of drug-likeness (QED) is 0.644. The van der Waals surface area contributed by atoms with E-state index in [9.17, 15) is 4.79 Å². The summed E-state index contributed by atoms with van der Waals surface area (Å²) in [6.45, 7) is 4.22. The van der Waals surface area contributed by atoms with E-state index < -0.39 is 0 Å². The Hall–Kier alpha value is -2.08. The average molecular weight is 425 g/mol. The summed E-state index contributed by atoms with van der Waals surface area (Å²) in [6, 6.07) is 4.25. The first-order valence-electron chi connectivity index (χ1n) is 11.1. The highest BCUT2D eigenvalue weighted by Gasteiger charge is 2.34. The van der Waals surface area contributed by atoms with Crippen LogP contribution < -0.4 is 5.69 Å². The van der Waals surface area contributed by atoms with E-state index in [1.54, 1.807) is 0 Å². The van der Waals surface area contributed by atoms with Gasteiger partial charge in [-0.05, 0) is 50.5 Å². The smallest absolute Gasteiger partial charge is 0.298 e. The molecule has 1 saturated carbocycles. The van der Waals surface area contributed by atoms with Gasteiger partial charge in [-0.15, -0.1) is 11.8 Å². The highest BCUT2D eigenvalue weighted by atomic mass is 32.2. The number of pyridine rings is 1. The first kappa shape index (κ1) is 21.2. The maximum absolute atomic E-state index is 13.2. The van der Waals surface area contributed by atoms with E-state index in [0.29, 0.717) is 5.25 Å². The van der Waals surface area contributed by atoms with Crippen LogP contribution in [-0.4, -0.2) is 31.1 Å². The van der Waals surface area contributed by atoms with Crippen LogP contribution >= 0.6 is 11.8 Å². The van der Waals surface area contributed by atoms with Gasteiger partial charge in [0.25, 0.3) is 0 Å². The Morgan fingerprint density at radius 3 is 2.53 bits per heavy atom. The molecule has 1 aliphatic carbocycles. The van der Waals surface area contributed by atoms with E-state index in [1.165, 1.54) is 37.7 Å². The van der Waals surface area contributed by atoms with E-state index in [0.717, 1.165) is 23.6 Å². The number of aromatic nitrogens is 3. The Kier molecular flexibility index (Phi) is 6.32. The van der Waals surface area contributed by atoms with E-state index in [4.69, 9.17) is 4.99 Å². The van der Waals surface area contributed by atoms with Crippen LogP contribution in [0.5, 0.6) is 0 Å². The van der Waals surface area contributed by atoms with Crippen LogP contribution in [0.2, 0.25) is 0 Å². The fourth-order valence-corrected chi connectivity index (χ4v) is 6.27. The number of hydrogen-bond acceptors (Lipinski definition) is 4. The van der Waals surface area contributed by atoms with Crippen LogP contribution in [0.15, 0.2) is 51.5 Å². The van der Waals surface area contributed by atoms with Crippen molar-refractivity contribution >= 4 is 18.0 Å². The largest absolute Gasteiger partial charge is 0.329 e. The third-order valence-corrected chi connectivity index (χ3v) is 7.73. The Bertz CT molecular complexity index is 969. The zero-order valence-corrected chi connectivity index (χ0v) is 19.1. The highest BCUT2D eigenvalue weighted by Crippen LogP contribution is 2.38. The topological polar surface area (TPSA) is 52.2 Å². The van der Waals surface area contributed by atoms with Crippen molar-refractivity contribution in [3.63, 3.8) is 0 Å². The predicted octanol–water partition coefficient (Wildman–Crippen LogP) is 4.75. The van der Waals surface area contributed by atoms with Crippen molar-refractivity contribution < 1.29 is 0 Å². The molecule has 0 spiro atoms. The zero-order valence-electron chi connectivity index (χ0n) is 18.3. The third kappa shape index (κ3) is 4.34. The van der Waals surface area contributed by atoms with E-state index in [1.807, 2.05) is 52.6 Å². The highest BCUT2D eigenvalue weighted by molar-refractivity contribution is 7.99. The molecule has 1 aliphatic heterocycles. The number of aliphatic imine (C=N–C) groups is 1. The SMILES string of the molecule is CC(C)n1c(SC2CCCCC2)c(CC2(Cc3ccncc3)C=CC=N2)n(C)c1=O. The maximum Gasteiger partial charge on any atom is 0.329 e. The molecular weight excluding hydrogens is 392 g/mol. The normalized spacial score (nSPS) is 21.7. The molecule has 6 heteroatoms. The summed E-state index contributed by atoms with van der Waals surface area (Å²) in [6.07, 6.45) is 17.7. The molecule has 2 aliphatic rings. The number of hydrogen-bond donors (Lipinski definition) is 0. The molecule has 0 radical (unpaired) electrons. The van der Waals surface area contributed by atoms with Crippen molar-refractivity contribution in [3.05, 3.63) is 58.4 Å². The minimum Gasteiger partial charge on any atom is -0.298 e. The van der Waals surface area contributed by atoms with E-state index >= 15 is 0 Å². The van der Waals surface area contributed by atoms with Crippen LogP contribution in [0.4, 0.5) is 0 Å². The molecule has 30 heavy (non-hydrogen) atoms. The second kappa shape index (κ2) is 8.96. The Morgan fingerprint density at radius 1 is 1.17 bits per heavy atom. The second-order valence-electron chi connectivity index (χ2n) is 8.88. The minimum absolute atomic E-state index is 0.0864. The van der Waals surface area contributed by atoms with Crippen molar-refractivity contribution in [3.8, 4) is 0 Å². The van der Waals surface area contributed by atoms with Gasteiger partial charge >= 0.3 is 5.69 Å². The van der Waals surface area contributed by atoms with Gasteiger partial charge in [0.05, 0.1) is 16.3 Å². The molecule has 2 aromatic rings. The standard InChI is InChI=1S/C24H32N4OS/c1-18(2)28-22(30-20-8-5-4-6-9-20)21(27(3)23(28)29)17-24(12-7-13-26-24)16-19-10-14-25-15-11-19/h7,10-15,18,20H,4-6,8-9,16-17H2,1-3H3. The summed E-state index contributed by atoms with van der Waals surface area (Å²) >= 11 is 1.93. The summed E-state index contributed by atoms with van der Waals surface area (Å²) in [5, 5.41) is 1.75. The fraction of sp³-hybridized carbons (Fsp3) is 0.542. The molecule has 160 valence electrons. The van der Waals surface area contributed by atoms with Crippen LogP contribution in [-0.2, 0) is 19.9 Å². The van der Waals surface area contributed by atoms with Crippen molar-refractivity contribution in [2.24, 2.45) is 12.0 Å². The van der Waals surface area contributed by atoms with Gasteiger partial charge in [-0.1, -0.05) is 25.3 Å². The van der Waals surface area contributed by atoms with Crippen molar-refractivity contribution in [1.82, 2.24) is 14.1 Å². The molecule has 2 aromatic heterocycles. The molecule has 1 unspecified atom stereocenters.